The summed E-state index contributed by atoms with van der Waals surface area (Å²) in [6.07, 6.45) is 0.738. The summed E-state index contributed by atoms with van der Waals surface area (Å²) in [6.45, 7) is 10.3. The van der Waals surface area contributed by atoms with Gasteiger partial charge in [-0.3, -0.25) is 4.98 Å². The van der Waals surface area contributed by atoms with Gasteiger partial charge in [0.2, 0.25) is 0 Å². The molecule has 1 aliphatic heterocycles. The highest BCUT2D eigenvalue weighted by molar-refractivity contribution is 6.41. The Morgan fingerprint density at radius 1 is 1.18 bits per heavy atom. The topological polar surface area (TPSA) is 104 Å². The van der Waals surface area contributed by atoms with Gasteiger partial charge < -0.3 is 14.9 Å². The molecule has 1 amide bonds. The van der Waals surface area contributed by atoms with Gasteiger partial charge in [-0.15, -0.1) is 0 Å². The predicted octanol–water partition coefficient (Wildman–Crippen LogP) is 4.49. The smallest absolute Gasteiger partial charge is 0.407 e. The van der Waals surface area contributed by atoms with Crippen LogP contribution >= 0.6 is 23.2 Å². The molecule has 0 saturated carbocycles. The van der Waals surface area contributed by atoms with E-state index in [0.29, 0.717) is 22.5 Å². The minimum absolute atomic E-state index is 0.0449. The molecule has 4 heterocycles. The van der Waals surface area contributed by atoms with E-state index in [9.17, 15) is 14.7 Å². The highest BCUT2D eigenvalue weighted by atomic mass is 35.5. The molecule has 1 saturated heterocycles. The first-order chi connectivity index (χ1) is 16.0. The molecule has 180 valence electrons. The minimum Gasteiger partial charge on any atom is -0.465 e. The lowest BCUT2D eigenvalue weighted by Gasteiger charge is -2.44. The standard InChI is InChI=1S/C23H26Cl2N6O3/c1-11(2)17-18(12(3)6-7-26-17)31-20-15(8-16(24)19(25)27-20)21(28-22(31)32)30-13(4)9-29(23(33)34)10-14(30)5/h6-8,11,13-14H,9-10H2,1-5H3,(H,33,34)/t13-,14+. The first kappa shape index (κ1) is 24.2. The molecule has 3 aromatic heterocycles. The lowest BCUT2D eigenvalue weighted by atomic mass is 10.0. The number of rotatable bonds is 3. The van der Waals surface area contributed by atoms with Crippen LogP contribution in [-0.2, 0) is 0 Å². The Morgan fingerprint density at radius 2 is 1.82 bits per heavy atom. The summed E-state index contributed by atoms with van der Waals surface area (Å²) in [7, 11) is 0. The SMILES string of the molecule is Cc1ccnc(C(C)C)c1-n1c(=O)nc(N2[C@H](C)CN(C(=O)O)C[C@@H]2C)c2cc(Cl)c(Cl)nc21. The number of hydrogen-bond acceptors (Lipinski definition) is 6. The Balaban J connectivity index is 2.03. The maximum Gasteiger partial charge on any atom is 0.407 e. The quantitative estimate of drug-likeness (QED) is 0.523. The lowest BCUT2D eigenvalue weighted by molar-refractivity contribution is 0.128. The molecule has 11 heteroatoms. The van der Waals surface area contributed by atoms with E-state index >= 15 is 0 Å². The number of piperazine rings is 1. The summed E-state index contributed by atoms with van der Waals surface area (Å²) in [4.78, 5) is 42.0. The lowest BCUT2D eigenvalue weighted by Crippen LogP contribution is -2.58. The Bertz CT molecular complexity index is 1330. The number of amides is 1. The van der Waals surface area contributed by atoms with E-state index in [1.807, 2.05) is 45.6 Å². The van der Waals surface area contributed by atoms with Crippen molar-refractivity contribution < 1.29 is 9.90 Å². The second-order valence-electron chi connectivity index (χ2n) is 8.99. The fraction of sp³-hybridized carbons (Fsp3) is 0.435. The zero-order chi connectivity index (χ0) is 24.9. The number of aryl methyl sites for hydroxylation is 1. The molecule has 9 nitrogen and oxygen atoms in total. The second kappa shape index (κ2) is 9.03. The number of hydrogen-bond donors (Lipinski definition) is 1. The first-order valence-corrected chi connectivity index (χ1v) is 11.8. The fourth-order valence-electron chi connectivity index (χ4n) is 4.66. The monoisotopic (exact) mass is 504 g/mol. The minimum atomic E-state index is -0.976. The number of aromatic nitrogens is 4. The third-order valence-corrected chi connectivity index (χ3v) is 6.79. The van der Waals surface area contributed by atoms with E-state index in [1.54, 1.807) is 12.3 Å². The van der Waals surface area contributed by atoms with Gasteiger partial charge in [0.25, 0.3) is 0 Å². The third-order valence-electron chi connectivity index (χ3n) is 6.12. The molecule has 0 radical (unpaired) electrons. The van der Waals surface area contributed by atoms with Crippen molar-refractivity contribution in [2.24, 2.45) is 0 Å². The molecule has 34 heavy (non-hydrogen) atoms. The molecule has 0 spiro atoms. The molecule has 1 aliphatic rings. The van der Waals surface area contributed by atoms with Crippen LogP contribution in [0.2, 0.25) is 10.2 Å². The van der Waals surface area contributed by atoms with Gasteiger partial charge >= 0.3 is 11.8 Å². The summed E-state index contributed by atoms with van der Waals surface area (Å²) in [5, 5.41) is 10.3. The Morgan fingerprint density at radius 3 is 2.41 bits per heavy atom. The van der Waals surface area contributed by atoms with Gasteiger partial charge in [-0.25, -0.2) is 19.1 Å². The maximum absolute atomic E-state index is 13.6. The van der Waals surface area contributed by atoms with Crippen LogP contribution in [0, 0.1) is 6.92 Å². The van der Waals surface area contributed by atoms with Crippen LogP contribution in [0.15, 0.2) is 23.1 Å². The van der Waals surface area contributed by atoms with Crippen LogP contribution in [0.4, 0.5) is 10.6 Å². The van der Waals surface area contributed by atoms with Crippen LogP contribution in [-0.4, -0.2) is 60.8 Å². The molecule has 0 unspecified atom stereocenters. The first-order valence-electron chi connectivity index (χ1n) is 11.0. The van der Waals surface area contributed by atoms with Crippen molar-refractivity contribution in [3.8, 4) is 5.69 Å². The molecule has 4 rings (SSSR count). The molecule has 1 fully saturated rings. The van der Waals surface area contributed by atoms with Crippen molar-refractivity contribution in [1.82, 2.24) is 24.4 Å². The Kier molecular flexibility index (Phi) is 6.44. The molecule has 0 aliphatic carbocycles. The second-order valence-corrected chi connectivity index (χ2v) is 9.76. The van der Waals surface area contributed by atoms with E-state index in [-0.39, 0.29) is 41.3 Å². The normalized spacial score (nSPS) is 18.7. The van der Waals surface area contributed by atoms with E-state index in [4.69, 9.17) is 23.2 Å². The van der Waals surface area contributed by atoms with Crippen LogP contribution in [0.1, 0.15) is 44.9 Å². The van der Waals surface area contributed by atoms with E-state index in [0.717, 1.165) is 11.3 Å². The van der Waals surface area contributed by atoms with E-state index in [2.05, 4.69) is 15.0 Å². The number of anilines is 1. The zero-order valence-electron chi connectivity index (χ0n) is 19.6. The number of carbonyl (C=O) groups is 1. The van der Waals surface area contributed by atoms with Gasteiger partial charge in [0.05, 0.1) is 21.8 Å². The number of pyridine rings is 2. The number of nitrogens with zero attached hydrogens (tertiary/aromatic N) is 6. The van der Waals surface area contributed by atoms with Crippen LogP contribution in [0.3, 0.4) is 0 Å². The van der Waals surface area contributed by atoms with Gasteiger partial charge in [0.1, 0.15) is 11.0 Å². The maximum atomic E-state index is 13.6. The van der Waals surface area contributed by atoms with Crippen molar-refractivity contribution in [1.29, 1.82) is 0 Å². The molecule has 0 aromatic carbocycles. The summed E-state index contributed by atoms with van der Waals surface area (Å²) in [5.41, 5.74) is 2.01. The van der Waals surface area contributed by atoms with Crippen molar-refractivity contribution in [2.75, 3.05) is 18.0 Å². The van der Waals surface area contributed by atoms with Crippen LogP contribution < -0.4 is 10.6 Å². The highest BCUT2D eigenvalue weighted by Gasteiger charge is 2.34. The van der Waals surface area contributed by atoms with Crippen molar-refractivity contribution in [3.05, 3.63) is 50.2 Å². The summed E-state index contributed by atoms with van der Waals surface area (Å²) >= 11 is 12.7. The average molecular weight is 505 g/mol. The molecular weight excluding hydrogens is 479 g/mol. The van der Waals surface area contributed by atoms with Crippen molar-refractivity contribution in [3.63, 3.8) is 0 Å². The zero-order valence-corrected chi connectivity index (χ0v) is 21.1. The van der Waals surface area contributed by atoms with Gasteiger partial charge in [-0.1, -0.05) is 37.0 Å². The van der Waals surface area contributed by atoms with Gasteiger partial charge in [-0.05, 0) is 44.4 Å². The Hall–Kier alpha value is -2.91. The summed E-state index contributed by atoms with van der Waals surface area (Å²) in [5.74, 6) is 0.448. The predicted molar refractivity (Wildman–Crippen MR) is 133 cm³/mol. The Labute approximate surface area is 207 Å². The molecular formula is C23H26Cl2N6O3. The average Bonchev–Trinajstić information content (AvgIpc) is 2.75. The number of halogens is 2. The molecule has 2 atom stereocenters. The molecule has 1 N–H and O–H groups in total. The van der Waals surface area contributed by atoms with Crippen LogP contribution in [0.25, 0.3) is 16.7 Å². The van der Waals surface area contributed by atoms with Crippen LogP contribution in [0.5, 0.6) is 0 Å². The van der Waals surface area contributed by atoms with E-state index in [1.165, 1.54) is 9.47 Å². The highest BCUT2D eigenvalue weighted by Crippen LogP contribution is 2.34. The van der Waals surface area contributed by atoms with Gasteiger partial charge in [0, 0.05) is 31.4 Å². The number of fused-ring (bicyclic) bond motifs is 1. The molecule has 3 aromatic rings. The third kappa shape index (κ3) is 4.07. The summed E-state index contributed by atoms with van der Waals surface area (Å²) < 4.78 is 1.45. The largest absolute Gasteiger partial charge is 0.465 e. The van der Waals surface area contributed by atoms with Gasteiger partial charge in [-0.2, -0.15) is 4.98 Å². The van der Waals surface area contributed by atoms with Gasteiger partial charge in [0.15, 0.2) is 5.65 Å². The molecule has 0 bridgehead atoms. The summed E-state index contributed by atoms with van der Waals surface area (Å²) in [6, 6.07) is 3.03. The number of carboxylic acid groups (broad SMARTS) is 1. The van der Waals surface area contributed by atoms with Crippen molar-refractivity contribution in [2.45, 2.75) is 52.6 Å². The van der Waals surface area contributed by atoms with E-state index < -0.39 is 11.8 Å². The van der Waals surface area contributed by atoms with Crippen molar-refractivity contribution >= 4 is 46.1 Å². The fourth-order valence-corrected chi connectivity index (χ4v) is 4.95.